The van der Waals surface area contributed by atoms with Gasteiger partial charge in [0.15, 0.2) is 0 Å². The molecule has 4 rings (SSSR count). The third-order valence-corrected chi connectivity index (χ3v) is 6.61. The Hall–Kier alpha value is -1.59. The minimum absolute atomic E-state index is 0.335. The van der Waals surface area contributed by atoms with Gasteiger partial charge in [0.1, 0.15) is 11.4 Å². The van der Waals surface area contributed by atoms with Crippen molar-refractivity contribution in [2.75, 3.05) is 19.6 Å². The molecular weight excluding hydrogens is 374 g/mol. The molecule has 2 N–H and O–H groups in total. The van der Waals surface area contributed by atoms with Crippen molar-refractivity contribution < 1.29 is 14.9 Å². The van der Waals surface area contributed by atoms with Gasteiger partial charge in [-0.3, -0.25) is 0 Å². The minimum Gasteiger partial charge on any atom is -0.487 e. The van der Waals surface area contributed by atoms with Crippen LogP contribution in [0.4, 0.5) is 0 Å². The van der Waals surface area contributed by atoms with Gasteiger partial charge in [-0.25, -0.2) is 0 Å². The number of ether oxygens (including phenoxy) is 1. The van der Waals surface area contributed by atoms with E-state index in [1.54, 1.807) is 0 Å². The topological polar surface area (TPSA) is 52.9 Å². The summed E-state index contributed by atoms with van der Waals surface area (Å²) in [7, 11) is 0. The number of benzene rings is 2. The number of hydrogen-bond donors (Lipinski definition) is 2. The Bertz CT molecular complexity index is 844. The summed E-state index contributed by atoms with van der Waals surface area (Å²) in [6, 6.07) is 11.8. The lowest BCUT2D eigenvalue weighted by molar-refractivity contribution is -0.0588. The molecular formula is C23H28ClNO3. The lowest BCUT2D eigenvalue weighted by Gasteiger charge is -2.46. The number of nitrogens with zero attached hydrogens (tertiary/aromatic N) is 1. The van der Waals surface area contributed by atoms with Gasteiger partial charge in [0.05, 0.1) is 12.2 Å². The van der Waals surface area contributed by atoms with Gasteiger partial charge in [-0.1, -0.05) is 41.4 Å². The molecule has 0 radical (unpaired) electrons. The maximum absolute atomic E-state index is 10.7. The van der Waals surface area contributed by atoms with E-state index < -0.39 is 12.2 Å². The molecule has 2 aromatic rings. The van der Waals surface area contributed by atoms with Crippen molar-refractivity contribution in [3.8, 4) is 5.75 Å². The molecule has 2 aromatic carbocycles. The number of aliphatic hydroxyl groups is 2. The van der Waals surface area contributed by atoms with Crippen molar-refractivity contribution in [3.63, 3.8) is 0 Å². The molecule has 150 valence electrons. The van der Waals surface area contributed by atoms with Gasteiger partial charge in [-0.15, -0.1) is 0 Å². The molecule has 2 aliphatic rings. The third kappa shape index (κ3) is 3.92. The number of hydrogen-bond acceptors (Lipinski definition) is 4. The Morgan fingerprint density at radius 3 is 2.54 bits per heavy atom. The summed E-state index contributed by atoms with van der Waals surface area (Å²) in [5, 5.41) is 21.9. The fourth-order valence-corrected chi connectivity index (χ4v) is 4.52. The van der Waals surface area contributed by atoms with E-state index in [-0.39, 0.29) is 5.60 Å². The molecule has 0 aliphatic carbocycles. The highest BCUT2D eigenvalue weighted by Crippen LogP contribution is 2.45. The first-order chi connectivity index (χ1) is 13.3. The average Bonchev–Trinajstić information content (AvgIpc) is 2.66. The van der Waals surface area contributed by atoms with Crippen molar-refractivity contribution in [1.82, 2.24) is 4.90 Å². The van der Waals surface area contributed by atoms with Gasteiger partial charge in [0.2, 0.25) is 0 Å². The zero-order valence-electron chi connectivity index (χ0n) is 16.5. The van der Waals surface area contributed by atoms with Crippen LogP contribution in [0.3, 0.4) is 0 Å². The highest BCUT2D eigenvalue weighted by molar-refractivity contribution is 6.31. The monoisotopic (exact) mass is 401 g/mol. The molecule has 1 spiro atoms. The van der Waals surface area contributed by atoms with Crippen molar-refractivity contribution in [1.29, 1.82) is 0 Å². The maximum Gasteiger partial charge on any atom is 0.126 e. The van der Waals surface area contributed by atoms with E-state index in [0.29, 0.717) is 18.0 Å². The molecule has 4 nitrogen and oxygen atoms in total. The number of rotatable bonds is 3. The van der Waals surface area contributed by atoms with E-state index in [1.165, 1.54) is 5.56 Å². The summed E-state index contributed by atoms with van der Waals surface area (Å²) in [5.74, 6) is 0.758. The Morgan fingerprint density at radius 1 is 1.18 bits per heavy atom. The smallest absolute Gasteiger partial charge is 0.126 e. The molecule has 28 heavy (non-hydrogen) atoms. The van der Waals surface area contributed by atoms with E-state index >= 15 is 0 Å². The zero-order chi connectivity index (χ0) is 19.9. The van der Waals surface area contributed by atoms with Crippen LogP contribution in [-0.2, 0) is 0 Å². The predicted octanol–water partition coefficient (Wildman–Crippen LogP) is 4.34. The molecule has 2 heterocycles. The molecule has 1 saturated heterocycles. The Morgan fingerprint density at radius 2 is 1.86 bits per heavy atom. The van der Waals surface area contributed by atoms with Crippen LogP contribution in [-0.4, -0.2) is 40.3 Å². The quantitative estimate of drug-likeness (QED) is 0.803. The SMILES string of the molecule is Cc1ccc([C@@H](O)CN2CCC3(CC2)C[C@H](O)c2cc(Cl)c(C)cc2O3)cc1. The first kappa shape index (κ1) is 19.7. The highest BCUT2D eigenvalue weighted by atomic mass is 35.5. The van der Waals surface area contributed by atoms with Crippen LogP contribution in [0.1, 0.15) is 53.7 Å². The molecule has 2 atom stereocenters. The fraction of sp³-hybridized carbons (Fsp3) is 0.478. The maximum atomic E-state index is 10.7. The number of aryl methyl sites for hydroxylation is 2. The Labute approximate surface area is 171 Å². The van der Waals surface area contributed by atoms with Gasteiger partial charge < -0.3 is 19.8 Å². The van der Waals surface area contributed by atoms with E-state index in [4.69, 9.17) is 16.3 Å². The van der Waals surface area contributed by atoms with Crippen LogP contribution >= 0.6 is 11.6 Å². The van der Waals surface area contributed by atoms with Gasteiger partial charge in [-0.05, 0) is 49.9 Å². The van der Waals surface area contributed by atoms with Crippen molar-refractivity contribution in [3.05, 3.63) is 63.7 Å². The first-order valence-electron chi connectivity index (χ1n) is 9.99. The zero-order valence-corrected chi connectivity index (χ0v) is 17.2. The van der Waals surface area contributed by atoms with Crippen LogP contribution < -0.4 is 4.74 Å². The summed E-state index contributed by atoms with van der Waals surface area (Å²) in [4.78, 5) is 2.29. The van der Waals surface area contributed by atoms with Gasteiger partial charge in [0, 0.05) is 36.6 Å². The van der Waals surface area contributed by atoms with Crippen LogP contribution in [0.5, 0.6) is 5.75 Å². The largest absolute Gasteiger partial charge is 0.487 e. The number of piperidine rings is 1. The third-order valence-electron chi connectivity index (χ3n) is 6.20. The summed E-state index contributed by atoms with van der Waals surface area (Å²) in [6.45, 7) is 6.31. The van der Waals surface area contributed by atoms with E-state index in [2.05, 4.69) is 4.90 Å². The highest BCUT2D eigenvalue weighted by Gasteiger charge is 2.43. The van der Waals surface area contributed by atoms with Crippen LogP contribution in [0.15, 0.2) is 36.4 Å². The lowest BCUT2D eigenvalue weighted by Crippen LogP contribution is -2.51. The van der Waals surface area contributed by atoms with Crippen LogP contribution in [0, 0.1) is 13.8 Å². The van der Waals surface area contributed by atoms with Gasteiger partial charge in [-0.2, -0.15) is 0 Å². The number of aliphatic hydroxyl groups excluding tert-OH is 2. The normalized spacial score (nSPS) is 22.5. The van der Waals surface area contributed by atoms with E-state index in [9.17, 15) is 10.2 Å². The van der Waals surface area contributed by atoms with E-state index in [1.807, 2.05) is 50.2 Å². The molecule has 0 amide bonds. The van der Waals surface area contributed by atoms with Gasteiger partial charge >= 0.3 is 0 Å². The number of likely N-dealkylation sites (tertiary alicyclic amines) is 1. The second kappa shape index (κ2) is 7.68. The summed E-state index contributed by atoms with van der Waals surface area (Å²) >= 11 is 6.22. The second-order valence-electron chi connectivity index (χ2n) is 8.37. The molecule has 1 fully saturated rings. The van der Waals surface area contributed by atoms with E-state index in [0.717, 1.165) is 48.4 Å². The first-order valence-corrected chi connectivity index (χ1v) is 10.4. The average molecular weight is 402 g/mol. The lowest BCUT2D eigenvalue weighted by atomic mass is 9.81. The van der Waals surface area contributed by atoms with Gasteiger partial charge in [0.25, 0.3) is 0 Å². The van der Waals surface area contributed by atoms with Crippen molar-refractivity contribution in [2.45, 2.75) is 50.9 Å². The van der Waals surface area contributed by atoms with Crippen molar-refractivity contribution in [2.24, 2.45) is 0 Å². The predicted molar refractivity (Wildman–Crippen MR) is 111 cm³/mol. The molecule has 5 heteroatoms. The summed E-state index contributed by atoms with van der Waals surface area (Å²) in [6.07, 6.45) is 1.23. The molecule has 0 saturated carbocycles. The number of halogens is 1. The Kier molecular flexibility index (Phi) is 5.41. The fourth-order valence-electron chi connectivity index (χ4n) is 4.34. The molecule has 0 aromatic heterocycles. The summed E-state index contributed by atoms with van der Waals surface area (Å²) in [5.41, 5.74) is 3.57. The number of β-amino-alcohol motifs (C(OH)–C–C–N with tert-alkyl or cyclic N) is 1. The number of fused-ring (bicyclic) bond motifs is 1. The molecule has 2 aliphatic heterocycles. The second-order valence-corrected chi connectivity index (χ2v) is 8.78. The summed E-state index contributed by atoms with van der Waals surface area (Å²) < 4.78 is 6.41. The van der Waals surface area contributed by atoms with Crippen molar-refractivity contribution >= 4 is 11.6 Å². The van der Waals surface area contributed by atoms with Crippen LogP contribution in [0.25, 0.3) is 0 Å². The Balaban J connectivity index is 1.41. The molecule has 0 unspecified atom stereocenters. The van der Waals surface area contributed by atoms with Crippen LogP contribution in [0.2, 0.25) is 5.02 Å². The standard InChI is InChI=1S/C23H28ClNO3/c1-15-3-5-17(6-4-15)21(27)14-25-9-7-23(8-10-25)13-20(26)18-12-19(24)16(2)11-22(18)28-23/h3-6,11-12,20-21,26-27H,7-10,13-14H2,1-2H3/t20-,21-/m0/s1. The minimum atomic E-state index is -0.549. The molecule has 0 bridgehead atoms.